The van der Waals surface area contributed by atoms with E-state index in [-0.39, 0.29) is 5.41 Å². The maximum absolute atomic E-state index is 9.87. The topological polar surface area (TPSA) is 33.1 Å². The third-order valence-corrected chi connectivity index (χ3v) is 6.85. The lowest BCUT2D eigenvalue weighted by Gasteiger charge is -2.21. The van der Waals surface area contributed by atoms with E-state index in [0.29, 0.717) is 11.3 Å². The van der Waals surface area contributed by atoms with Gasteiger partial charge in [-0.3, -0.25) is 0 Å². The lowest BCUT2D eigenvalue weighted by Crippen LogP contribution is -2.15. The van der Waals surface area contributed by atoms with E-state index in [4.69, 9.17) is 6.57 Å². The Kier molecular flexibility index (Phi) is 3.65. The van der Waals surface area contributed by atoms with Crippen molar-refractivity contribution in [1.82, 2.24) is 4.57 Å². The van der Waals surface area contributed by atoms with E-state index in [9.17, 15) is 5.26 Å². The summed E-state index contributed by atoms with van der Waals surface area (Å²) in [7, 11) is 0. The van der Waals surface area contributed by atoms with Crippen LogP contribution in [0.5, 0.6) is 0 Å². The van der Waals surface area contributed by atoms with Crippen LogP contribution in [0.4, 0.5) is 5.69 Å². The molecule has 1 heterocycles. The first-order chi connectivity index (χ1) is 15.5. The molecule has 32 heavy (non-hydrogen) atoms. The van der Waals surface area contributed by atoms with Gasteiger partial charge < -0.3 is 4.57 Å². The molecular formula is C29H19N3. The zero-order valence-corrected chi connectivity index (χ0v) is 17.8. The van der Waals surface area contributed by atoms with Gasteiger partial charge in [-0.15, -0.1) is 0 Å². The van der Waals surface area contributed by atoms with Crippen molar-refractivity contribution in [2.45, 2.75) is 19.3 Å². The molecule has 1 aliphatic rings. The fraction of sp³-hybridized carbons (Fsp3) is 0.103. The number of hydrogen-bond acceptors (Lipinski definition) is 1. The molecule has 150 valence electrons. The molecule has 0 radical (unpaired) electrons. The van der Waals surface area contributed by atoms with Crippen LogP contribution in [0, 0.1) is 17.9 Å². The number of rotatable bonds is 1. The van der Waals surface area contributed by atoms with Crippen LogP contribution < -0.4 is 0 Å². The van der Waals surface area contributed by atoms with Gasteiger partial charge in [0.1, 0.15) is 0 Å². The summed E-state index contributed by atoms with van der Waals surface area (Å²) in [5.74, 6) is 0. The molecular weight excluding hydrogens is 390 g/mol. The maximum atomic E-state index is 9.87. The summed E-state index contributed by atoms with van der Waals surface area (Å²) >= 11 is 0. The predicted molar refractivity (Wildman–Crippen MR) is 129 cm³/mol. The Morgan fingerprint density at radius 2 is 1.59 bits per heavy atom. The first kappa shape index (κ1) is 18.4. The molecule has 3 nitrogen and oxygen atoms in total. The first-order valence-electron chi connectivity index (χ1n) is 10.6. The second kappa shape index (κ2) is 6.33. The Bertz CT molecular complexity index is 1670. The van der Waals surface area contributed by atoms with E-state index >= 15 is 0 Å². The highest BCUT2D eigenvalue weighted by Crippen LogP contribution is 2.50. The minimum atomic E-state index is -0.104. The van der Waals surface area contributed by atoms with Crippen molar-refractivity contribution in [2.75, 3.05) is 0 Å². The smallest absolute Gasteiger partial charge is 0.188 e. The van der Waals surface area contributed by atoms with Gasteiger partial charge in [0.2, 0.25) is 0 Å². The second-order valence-electron chi connectivity index (χ2n) is 8.86. The third kappa shape index (κ3) is 2.28. The Labute approximate surface area is 186 Å². The maximum Gasteiger partial charge on any atom is 0.188 e. The molecule has 0 bridgehead atoms. The average molecular weight is 409 g/mol. The molecule has 1 aliphatic carbocycles. The number of fused-ring (bicyclic) bond motifs is 6. The molecule has 1 aromatic heterocycles. The minimum absolute atomic E-state index is 0.104. The summed E-state index contributed by atoms with van der Waals surface area (Å²) in [6.45, 7) is 11.9. The van der Waals surface area contributed by atoms with Gasteiger partial charge >= 0.3 is 0 Å². The van der Waals surface area contributed by atoms with Crippen molar-refractivity contribution in [2.24, 2.45) is 0 Å². The van der Waals surface area contributed by atoms with Crippen LogP contribution >= 0.6 is 0 Å². The summed E-state index contributed by atoms with van der Waals surface area (Å²) in [5, 5.41) is 12.2. The van der Waals surface area contributed by atoms with Crippen LogP contribution in [-0.2, 0) is 5.41 Å². The fourth-order valence-electron chi connectivity index (χ4n) is 5.30. The van der Waals surface area contributed by atoms with E-state index in [1.807, 2.05) is 12.1 Å². The molecule has 0 amide bonds. The van der Waals surface area contributed by atoms with Gasteiger partial charge in [-0.2, -0.15) is 5.26 Å². The van der Waals surface area contributed by atoms with Crippen molar-refractivity contribution in [3.05, 3.63) is 107 Å². The Balaban J connectivity index is 1.77. The molecule has 0 aliphatic heterocycles. The van der Waals surface area contributed by atoms with Crippen molar-refractivity contribution < 1.29 is 0 Å². The molecule has 0 saturated heterocycles. The molecule has 0 unspecified atom stereocenters. The number of nitriles is 1. The molecule has 0 atom stereocenters. The Morgan fingerprint density at radius 1 is 0.812 bits per heavy atom. The molecule has 3 heteroatoms. The van der Waals surface area contributed by atoms with E-state index in [1.54, 1.807) is 12.1 Å². The van der Waals surface area contributed by atoms with Gasteiger partial charge in [0.25, 0.3) is 0 Å². The predicted octanol–water partition coefficient (Wildman–Crippen LogP) is 7.51. The van der Waals surface area contributed by atoms with E-state index in [1.165, 1.54) is 27.6 Å². The highest BCUT2D eigenvalue weighted by Gasteiger charge is 2.36. The van der Waals surface area contributed by atoms with E-state index in [2.05, 4.69) is 83.9 Å². The molecule has 0 saturated carbocycles. The van der Waals surface area contributed by atoms with Crippen LogP contribution in [-0.4, -0.2) is 4.57 Å². The number of para-hydroxylation sites is 1. The molecule has 0 N–H and O–H groups in total. The SMILES string of the molecule is [C-]#[N+]c1ccc(-n2c3ccccc3c3cc4c(cc32)C(C)(C)c2ccccc2-4)c(C#N)c1. The fourth-order valence-corrected chi connectivity index (χ4v) is 5.30. The van der Waals surface area contributed by atoms with Crippen molar-refractivity contribution in [1.29, 1.82) is 5.26 Å². The van der Waals surface area contributed by atoms with Crippen molar-refractivity contribution in [3.63, 3.8) is 0 Å². The first-order valence-corrected chi connectivity index (χ1v) is 10.6. The molecule has 6 rings (SSSR count). The lowest BCUT2D eigenvalue weighted by atomic mass is 9.82. The largest absolute Gasteiger partial charge is 0.308 e. The number of hydrogen-bond donors (Lipinski definition) is 0. The molecule has 4 aromatic carbocycles. The van der Waals surface area contributed by atoms with Gasteiger partial charge in [-0.1, -0.05) is 62.4 Å². The Hall–Kier alpha value is -4.34. The lowest BCUT2D eigenvalue weighted by molar-refractivity contribution is 0.661. The summed E-state index contributed by atoms with van der Waals surface area (Å²) in [6.07, 6.45) is 0. The highest BCUT2D eigenvalue weighted by atomic mass is 15.0. The summed E-state index contributed by atoms with van der Waals surface area (Å²) in [6, 6.07) is 29.3. The molecule has 0 fully saturated rings. The second-order valence-corrected chi connectivity index (χ2v) is 8.86. The standard InChI is InChI=1S/C29H19N3/c1-29(2)24-10-6-4-8-20(24)22-15-23-21-9-5-7-11-27(21)32(28(23)16-25(22)29)26-13-12-19(31-3)14-18(26)17-30/h4-16H,1-2H3. The zero-order chi connectivity index (χ0) is 22.0. The molecule has 5 aromatic rings. The average Bonchev–Trinajstić information content (AvgIpc) is 3.27. The van der Waals surface area contributed by atoms with Crippen molar-refractivity contribution >= 4 is 27.5 Å². The van der Waals surface area contributed by atoms with Gasteiger partial charge in [0.05, 0.1) is 34.9 Å². The van der Waals surface area contributed by atoms with Crippen LogP contribution in [0.3, 0.4) is 0 Å². The highest BCUT2D eigenvalue weighted by molar-refractivity contribution is 6.11. The van der Waals surface area contributed by atoms with E-state index < -0.39 is 0 Å². The normalized spacial score (nSPS) is 13.5. The van der Waals surface area contributed by atoms with Gasteiger partial charge in [0, 0.05) is 16.2 Å². The van der Waals surface area contributed by atoms with Gasteiger partial charge in [-0.05, 0) is 52.6 Å². The summed E-state index contributed by atoms with van der Waals surface area (Å²) in [5.41, 5.74) is 9.04. The molecule has 0 spiro atoms. The summed E-state index contributed by atoms with van der Waals surface area (Å²) in [4.78, 5) is 3.51. The van der Waals surface area contributed by atoms with Gasteiger partial charge in [0.15, 0.2) is 5.69 Å². The monoisotopic (exact) mass is 409 g/mol. The quantitative estimate of drug-likeness (QED) is 0.264. The summed E-state index contributed by atoms with van der Waals surface area (Å²) < 4.78 is 2.18. The van der Waals surface area contributed by atoms with Crippen LogP contribution in [0.1, 0.15) is 30.5 Å². The van der Waals surface area contributed by atoms with E-state index in [0.717, 1.165) is 22.1 Å². The van der Waals surface area contributed by atoms with Crippen LogP contribution in [0.25, 0.3) is 43.5 Å². The van der Waals surface area contributed by atoms with Crippen molar-refractivity contribution in [3.8, 4) is 22.9 Å². The third-order valence-electron chi connectivity index (χ3n) is 6.85. The minimum Gasteiger partial charge on any atom is -0.308 e. The van der Waals surface area contributed by atoms with Crippen LogP contribution in [0.15, 0.2) is 78.9 Å². The zero-order valence-electron chi connectivity index (χ0n) is 17.8. The number of nitrogens with zero attached hydrogens (tertiary/aromatic N) is 3. The van der Waals surface area contributed by atoms with Crippen LogP contribution in [0.2, 0.25) is 0 Å². The van der Waals surface area contributed by atoms with Gasteiger partial charge in [-0.25, -0.2) is 4.85 Å². The number of benzene rings is 4. The number of aromatic nitrogens is 1. The Morgan fingerprint density at radius 3 is 2.41 bits per heavy atom.